The van der Waals surface area contributed by atoms with E-state index in [4.69, 9.17) is 11.6 Å². The van der Waals surface area contributed by atoms with Gasteiger partial charge in [-0.2, -0.15) is 0 Å². The summed E-state index contributed by atoms with van der Waals surface area (Å²) in [5.74, 6) is -0.302. The molecule has 2 aromatic rings. The highest BCUT2D eigenvalue weighted by molar-refractivity contribution is 6.30. The Hall–Kier alpha value is -1.95. The van der Waals surface area contributed by atoms with Crippen LogP contribution in [0.15, 0.2) is 48.5 Å². The SMILES string of the molecule is O=C(C[NH+]1CC[NH+](Cc2ccc(Cl)cc2)CC1)NCc1ccccc1F. The van der Waals surface area contributed by atoms with E-state index in [1.807, 2.05) is 12.1 Å². The van der Waals surface area contributed by atoms with Gasteiger partial charge >= 0.3 is 0 Å². The number of hydrogen-bond acceptors (Lipinski definition) is 1. The van der Waals surface area contributed by atoms with E-state index in [2.05, 4.69) is 17.4 Å². The molecule has 0 aromatic heterocycles. The molecule has 0 bridgehead atoms. The van der Waals surface area contributed by atoms with Crippen molar-refractivity contribution in [2.45, 2.75) is 13.1 Å². The van der Waals surface area contributed by atoms with Crippen LogP contribution in [0, 0.1) is 5.82 Å². The standard InChI is InChI=1S/C20H23ClFN3O/c21-18-7-5-16(6-8-18)14-24-9-11-25(12-10-24)15-20(26)23-13-17-3-1-2-4-19(17)22/h1-8H,9-15H2,(H,23,26)/p+2. The van der Waals surface area contributed by atoms with Crippen molar-refractivity contribution < 1.29 is 19.0 Å². The van der Waals surface area contributed by atoms with E-state index in [9.17, 15) is 9.18 Å². The van der Waals surface area contributed by atoms with Gasteiger partial charge in [-0.25, -0.2) is 4.39 Å². The van der Waals surface area contributed by atoms with Crippen LogP contribution in [0.4, 0.5) is 4.39 Å². The fourth-order valence-corrected chi connectivity index (χ4v) is 3.45. The number of rotatable bonds is 6. The van der Waals surface area contributed by atoms with Gasteiger partial charge in [0.05, 0.1) is 0 Å². The van der Waals surface area contributed by atoms with Crippen LogP contribution in [-0.4, -0.2) is 38.6 Å². The lowest BCUT2D eigenvalue weighted by Gasteiger charge is -2.29. The largest absolute Gasteiger partial charge is 0.347 e. The van der Waals surface area contributed by atoms with E-state index >= 15 is 0 Å². The highest BCUT2D eigenvalue weighted by Gasteiger charge is 2.24. The number of benzene rings is 2. The molecule has 3 N–H and O–H groups in total. The summed E-state index contributed by atoms with van der Waals surface area (Å²) in [6, 6.07) is 14.5. The van der Waals surface area contributed by atoms with E-state index in [0.29, 0.717) is 12.1 Å². The molecule has 0 saturated carbocycles. The third kappa shape index (κ3) is 5.53. The zero-order chi connectivity index (χ0) is 18.4. The molecule has 1 aliphatic heterocycles. The molecule has 3 rings (SSSR count). The average molecular weight is 378 g/mol. The number of halogens is 2. The molecule has 1 amide bonds. The van der Waals surface area contributed by atoms with E-state index in [-0.39, 0.29) is 18.3 Å². The maximum Gasteiger partial charge on any atom is 0.275 e. The highest BCUT2D eigenvalue weighted by Crippen LogP contribution is 2.08. The van der Waals surface area contributed by atoms with Crippen LogP contribution in [0.25, 0.3) is 0 Å². The van der Waals surface area contributed by atoms with Crippen LogP contribution in [0.1, 0.15) is 11.1 Å². The summed E-state index contributed by atoms with van der Waals surface area (Å²) in [6.45, 7) is 5.70. The summed E-state index contributed by atoms with van der Waals surface area (Å²) in [6.07, 6.45) is 0. The molecular weight excluding hydrogens is 353 g/mol. The van der Waals surface area contributed by atoms with E-state index in [1.165, 1.54) is 21.4 Å². The van der Waals surface area contributed by atoms with Crippen molar-refractivity contribution in [2.24, 2.45) is 0 Å². The summed E-state index contributed by atoms with van der Waals surface area (Å²) in [7, 11) is 0. The summed E-state index contributed by atoms with van der Waals surface area (Å²) in [4.78, 5) is 14.9. The van der Waals surface area contributed by atoms with Gasteiger partial charge in [0.15, 0.2) is 6.54 Å². The van der Waals surface area contributed by atoms with Gasteiger partial charge in [0.2, 0.25) is 0 Å². The molecule has 6 heteroatoms. The Morgan fingerprint density at radius 2 is 1.65 bits per heavy atom. The molecule has 0 radical (unpaired) electrons. The first-order chi connectivity index (χ1) is 12.6. The Balaban J connectivity index is 1.38. The fraction of sp³-hybridized carbons (Fsp3) is 0.350. The monoisotopic (exact) mass is 377 g/mol. The van der Waals surface area contributed by atoms with Crippen molar-refractivity contribution in [1.82, 2.24) is 5.32 Å². The van der Waals surface area contributed by atoms with Crippen molar-refractivity contribution >= 4 is 17.5 Å². The first-order valence-electron chi connectivity index (χ1n) is 9.02. The Kier molecular flexibility index (Phi) is 6.61. The van der Waals surface area contributed by atoms with E-state index < -0.39 is 0 Å². The molecule has 138 valence electrons. The molecule has 2 aromatic carbocycles. The molecule has 1 heterocycles. The number of nitrogens with one attached hydrogen (secondary N) is 3. The van der Waals surface area contributed by atoms with Crippen LogP contribution in [0.3, 0.4) is 0 Å². The normalized spacial score (nSPS) is 19.9. The maximum atomic E-state index is 13.6. The Morgan fingerprint density at radius 3 is 2.35 bits per heavy atom. The lowest BCUT2D eigenvalue weighted by Crippen LogP contribution is -3.28. The quantitative estimate of drug-likeness (QED) is 0.655. The van der Waals surface area contributed by atoms with Crippen LogP contribution < -0.4 is 15.1 Å². The zero-order valence-corrected chi connectivity index (χ0v) is 15.5. The van der Waals surface area contributed by atoms with Crippen LogP contribution in [-0.2, 0) is 17.9 Å². The fourth-order valence-electron chi connectivity index (χ4n) is 3.33. The third-order valence-corrected chi connectivity index (χ3v) is 5.13. The van der Waals surface area contributed by atoms with E-state index in [1.54, 1.807) is 18.2 Å². The van der Waals surface area contributed by atoms with Gasteiger partial charge in [-0.1, -0.05) is 41.9 Å². The molecule has 1 saturated heterocycles. The predicted octanol–water partition coefficient (Wildman–Crippen LogP) is 0.0789. The van der Waals surface area contributed by atoms with Gasteiger partial charge in [0.1, 0.15) is 38.5 Å². The number of piperazine rings is 1. The van der Waals surface area contributed by atoms with Crippen molar-refractivity contribution in [3.63, 3.8) is 0 Å². The second-order valence-electron chi connectivity index (χ2n) is 6.85. The summed E-state index contributed by atoms with van der Waals surface area (Å²) in [5, 5.41) is 3.59. The number of quaternary nitrogens is 2. The predicted molar refractivity (Wildman–Crippen MR) is 99.7 cm³/mol. The number of carbonyl (C=O) groups excluding carboxylic acids is 1. The molecule has 26 heavy (non-hydrogen) atoms. The zero-order valence-electron chi connectivity index (χ0n) is 14.7. The molecule has 0 atom stereocenters. The third-order valence-electron chi connectivity index (χ3n) is 4.88. The number of carbonyl (C=O) groups is 1. The van der Waals surface area contributed by atoms with Gasteiger partial charge in [-0.3, -0.25) is 4.79 Å². The van der Waals surface area contributed by atoms with Crippen molar-refractivity contribution in [2.75, 3.05) is 32.7 Å². The lowest BCUT2D eigenvalue weighted by atomic mass is 10.2. The number of amides is 1. The molecule has 1 fully saturated rings. The van der Waals surface area contributed by atoms with Gasteiger partial charge in [-0.05, 0) is 18.2 Å². The number of hydrogen-bond donors (Lipinski definition) is 3. The molecule has 1 aliphatic rings. The first kappa shape index (κ1) is 18.8. The van der Waals surface area contributed by atoms with Gasteiger partial charge < -0.3 is 15.1 Å². The highest BCUT2D eigenvalue weighted by atomic mass is 35.5. The van der Waals surface area contributed by atoms with Crippen LogP contribution in [0.5, 0.6) is 0 Å². The second kappa shape index (κ2) is 9.12. The molecule has 0 spiro atoms. The lowest BCUT2D eigenvalue weighted by molar-refractivity contribution is -1.02. The Bertz CT molecular complexity index is 730. The van der Waals surface area contributed by atoms with Crippen LogP contribution in [0.2, 0.25) is 5.02 Å². The maximum absolute atomic E-state index is 13.6. The van der Waals surface area contributed by atoms with Gasteiger partial charge in [0.25, 0.3) is 5.91 Å². The summed E-state index contributed by atoms with van der Waals surface area (Å²) >= 11 is 5.93. The first-order valence-corrected chi connectivity index (χ1v) is 9.39. The minimum atomic E-state index is -0.278. The second-order valence-corrected chi connectivity index (χ2v) is 7.28. The Labute approximate surface area is 158 Å². The summed E-state index contributed by atoms with van der Waals surface area (Å²) < 4.78 is 13.6. The minimum absolute atomic E-state index is 0.0237. The van der Waals surface area contributed by atoms with Crippen LogP contribution >= 0.6 is 11.6 Å². The van der Waals surface area contributed by atoms with Crippen molar-refractivity contribution in [3.8, 4) is 0 Å². The summed E-state index contributed by atoms with van der Waals surface area (Å²) in [5.41, 5.74) is 1.81. The molecular formula is C20H25ClFN3O+2. The molecule has 4 nitrogen and oxygen atoms in total. The van der Waals surface area contributed by atoms with Crippen molar-refractivity contribution in [3.05, 3.63) is 70.5 Å². The Morgan fingerprint density at radius 1 is 1.00 bits per heavy atom. The topological polar surface area (TPSA) is 38.0 Å². The van der Waals surface area contributed by atoms with Crippen molar-refractivity contribution in [1.29, 1.82) is 0 Å². The van der Waals surface area contributed by atoms with Gasteiger partial charge in [-0.15, -0.1) is 0 Å². The smallest absolute Gasteiger partial charge is 0.275 e. The average Bonchev–Trinajstić information content (AvgIpc) is 2.64. The van der Waals surface area contributed by atoms with Gasteiger partial charge in [0, 0.05) is 22.7 Å². The van der Waals surface area contributed by atoms with E-state index in [0.717, 1.165) is 37.7 Å². The minimum Gasteiger partial charge on any atom is -0.347 e. The molecule has 0 unspecified atom stereocenters. The molecule has 0 aliphatic carbocycles.